The maximum absolute atomic E-state index is 12.7. The van der Waals surface area contributed by atoms with Gasteiger partial charge in [-0.15, -0.1) is 0 Å². The van der Waals surface area contributed by atoms with Crippen molar-refractivity contribution in [2.24, 2.45) is 23.7 Å². The van der Waals surface area contributed by atoms with Crippen molar-refractivity contribution in [2.45, 2.75) is 71.1 Å². The summed E-state index contributed by atoms with van der Waals surface area (Å²) >= 11 is 0. The maximum atomic E-state index is 12.7. The fourth-order valence-corrected chi connectivity index (χ4v) is 4.36. The van der Waals surface area contributed by atoms with Crippen LogP contribution >= 0.6 is 0 Å². The second-order valence-electron chi connectivity index (χ2n) is 6.80. The molecular weight excluding hydrogens is 234 g/mol. The Morgan fingerprint density at radius 2 is 1.53 bits per heavy atom. The molecule has 2 aliphatic carbocycles. The van der Waals surface area contributed by atoms with Gasteiger partial charge in [0.05, 0.1) is 0 Å². The topological polar surface area (TPSA) is 0 Å². The van der Waals surface area contributed by atoms with E-state index in [2.05, 4.69) is 6.92 Å². The maximum Gasteiger partial charge on any atom is 0.156 e. The largest absolute Gasteiger partial charge is 0.225 e. The van der Waals surface area contributed by atoms with E-state index in [9.17, 15) is 4.39 Å². The van der Waals surface area contributed by atoms with Gasteiger partial charge < -0.3 is 0 Å². The fourth-order valence-electron chi connectivity index (χ4n) is 4.36. The molecule has 0 saturated heterocycles. The van der Waals surface area contributed by atoms with Gasteiger partial charge in [0.2, 0.25) is 0 Å². The average Bonchev–Trinajstić information content (AvgIpc) is 2.40. The quantitative estimate of drug-likeness (QED) is 0.597. The molecular formula is C17H28BF. The van der Waals surface area contributed by atoms with Crippen LogP contribution in [0.5, 0.6) is 0 Å². The van der Waals surface area contributed by atoms with E-state index in [-0.39, 0.29) is 0 Å². The molecule has 0 aromatic rings. The van der Waals surface area contributed by atoms with Gasteiger partial charge >= 0.3 is 0 Å². The predicted octanol–water partition coefficient (Wildman–Crippen LogP) is 5.38. The Balaban J connectivity index is 1.72. The molecule has 0 atom stereocenters. The third-order valence-electron chi connectivity index (χ3n) is 5.47. The number of rotatable bonds is 4. The molecule has 2 radical (unpaired) electrons. The van der Waals surface area contributed by atoms with E-state index in [1.165, 1.54) is 51.4 Å². The lowest BCUT2D eigenvalue weighted by molar-refractivity contribution is 0.152. The molecule has 19 heavy (non-hydrogen) atoms. The molecule has 2 fully saturated rings. The molecule has 106 valence electrons. The zero-order valence-corrected chi connectivity index (χ0v) is 12.4. The van der Waals surface area contributed by atoms with E-state index in [4.69, 9.17) is 7.85 Å². The lowest BCUT2D eigenvalue weighted by Crippen LogP contribution is -2.25. The van der Waals surface area contributed by atoms with E-state index in [1.54, 1.807) is 6.08 Å². The number of hydrogen-bond donors (Lipinski definition) is 0. The molecule has 2 saturated carbocycles. The van der Waals surface area contributed by atoms with Crippen LogP contribution in [0.2, 0.25) is 0 Å². The molecule has 0 N–H and O–H groups in total. The van der Waals surface area contributed by atoms with Gasteiger partial charge in [0.1, 0.15) is 0 Å². The summed E-state index contributed by atoms with van der Waals surface area (Å²) in [4.78, 5) is 0. The van der Waals surface area contributed by atoms with E-state index in [0.29, 0.717) is 5.92 Å². The smallest absolute Gasteiger partial charge is 0.156 e. The third kappa shape index (κ3) is 4.65. The predicted molar refractivity (Wildman–Crippen MR) is 80.7 cm³/mol. The fraction of sp³-hybridized carbons (Fsp3) is 0.882. The van der Waals surface area contributed by atoms with Gasteiger partial charge in [0.25, 0.3) is 0 Å². The van der Waals surface area contributed by atoms with E-state index >= 15 is 0 Å². The van der Waals surface area contributed by atoms with E-state index in [1.807, 2.05) is 0 Å². The Morgan fingerprint density at radius 3 is 2.00 bits per heavy atom. The van der Waals surface area contributed by atoms with Crippen molar-refractivity contribution in [2.75, 3.05) is 0 Å². The molecule has 0 bridgehead atoms. The standard InChI is InChI=1S/C17H28BF/c1-2-3-13-4-8-15(9-5-13)16-10-6-14(7-11-16)12-17(18)19/h12-16H,2-11H2,1H3/b17-12-. The van der Waals surface area contributed by atoms with Crippen molar-refractivity contribution in [1.82, 2.24) is 0 Å². The van der Waals surface area contributed by atoms with E-state index < -0.39 is 5.73 Å². The highest BCUT2D eigenvalue weighted by molar-refractivity contribution is 6.19. The second-order valence-corrected chi connectivity index (χ2v) is 6.80. The van der Waals surface area contributed by atoms with Crippen molar-refractivity contribution in [3.8, 4) is 0 Å². The van der Waals surface area contributed by atoms with Crippen LogP contribution in [0.1, 0.15) is 71.1 Å². The summed E-state index contributed by atoms with van der Waals surface area (Å²) in [5.74, 6) is 3.28. The van der Waals surface area contributed by atoms with Crippen molar-refractivity contribution in [1.29, 1.82) is 0 Å². The Kier molecular flexibility index (Phi) is 5.97. The van der Waals surface area contributed by atoms with Crippen molar-refractivity contribution >= 4 is 7.85 Å². The SMILES string of the molecule is [B]/C(F)=C/C1CCC(C2CCC(CCC)CC2)CC1. The summed E-state index contributed by atoms with van der Waals surface area (Å²) in [6.45, 7) is 2.30. The number of halogens is 1. The second kappa shape index (κ2) is 7.50. The molecule has 0 aliphatic heterocycles. The normalized spacial score (nSPS) is 37.3. The van der Waals surface area contributed by atoms with Gasteiger partial charge in [-0.2, -0.15) is 0 Å². The molecule has 0 amide bonds. The van der Waals surface area contributed by atoms with Crippen LogP contribution in [0.25, 0.3) is 0 Å². The minimum absolute atomic E-state index is 0.401. The molecule has 0 nitrogen and oxygen atoms in total. The monoisotopic (exact) mass is 262 g/mol. The average molecular weight is 262 g/mol. The molecule has 0 spiro atoms. The molecule has 0 heterocycles. The summed E-state index contributed by atoms with van der Waals surface area (Å²) in [7, 11) is 5.14. The Morgan fingerprint density at radius 1 is 1.00 bits per heavy atom. The van der Waals surface area contributed by atoms with Gasteiger partial charge in [0, 0.05) is 5.73 Å². The Hall–Kier alpha value is -0.265. The molecule has 0 unspecified atom stereocenters. The van der Waals surface area contributed by atoms with Crippen LogP contribution in [0.15, 0.2) is 11.8 Å². The first-order chi connectivity index (χ1) is 9.19. The highest BCUT2D eigenvalue weighted by Gasteiger charge is 2.30. The summed E-state index contributed by atoms with van der Waals surface area (Å²) in [6, 6.07) is 0. The first-order valence-corrected chi connectivity index (χ1v) is 8.31. The van der Waals surface area contributed by atoms with Crippen LogP contribution in [-0.4, -0.2) is 7.85 Å². The molecule has 0 aromatic heterocycles. The van der Waals surface area contributed by atoms with Crippen LogP contribution in [0.3, 0.4) is 0 Å². The number of allylic oxidation sites excluding steroid dienone is 1. The van der Waals surface area contributed by atoms with E-state index in [0.717, 1.165) is 30.6 Å². The zero-order valence-electron chi connectivity index (χ0n) is 12.4. The van der Waals surface area contributed by atoms with Gasteiger partial charge in [-0.1, -0.05) is 38.7 Å². The van der Waals surface area contributed by atoms with Crippen molar-refractivity contribution < 1.29 is 4.39 Å². The van der Waals surface area contributed by atoms with Crippen LogP contribution in [0, 0.1) is 23.7 Å². The van der Waals surface area contributed by atoms with Gasteiger partial charge in [-0.05, 0) is 62.2 Å². The van der Waals surface area contributed by atoms with Gasteiger partial charge in [-0.3, -0.25) is 0 Å². The Bertz CT molecular complexity index is 280. The summed E-state index contributed by atoms with van der Waals surface area (Å²) in [5.41, 5.74) is -0.483. The molecule has 2 heteroatoms. The van der Waals surface area contributed by atoms with Crippen LogP contribution in [-0.2, 0) is 0 Å². The summed E-state index contributed by atoms with van der Waals surface area (Å²) in [6.07, 6.45) is 15.1. The van der Waals surface area contributed by atoms with Crippen molar-refractivity contribution in [3.05, 3.63) is 11.8 Å². The zero-order chi connectivity index (χ0) is 13.7. The molecule has 0 aromatic carbocycles. The lowest BCUT2D eigenvalue weighted by atomic mass is 9.68. The van der Waals surface area contributed by atoms with Crippen LogP contribution in [0.4, 0.5) is 4.39 Å². The summed E-state index contributed by atoms with van der Waals surface area (Å²) < 4.78 is 12.7. The first-order valence-electron chi connectivity index (χ1n) is 8.31. The highest BCUT2D eigenvalue weighted by Crippen LogP contribution is 2.42. The number of hydrogen-bond acceptors (Lipinski definition) is 0. The van der Waals surface area contributed by atoms with Crippen LogP contribution < -0.4 is 0 Å². The van der Waals surface area contributed by atoms with Gasteiger partial charge in [-0.25, -0.2) is 4.39 Å². The minimum atomic E-state index is -0.483. The Labute approximate surface area is 119 Å². The lowest BCUT2D eigenvalue weighted by Gasteiger charge is -2.37. The van der Waals surface area contributed by atoms with Gasteiger partial charge in [0.15, 0.2) is 7.85 Å². The minimum Gasteiger partial charge on any atom is -0.225 e. The third-order valence-corrected chi connectivity index (χ3v) is 5.47. The summed E-state index contributed by atoms with van der Waals surface area (Å²) in [5, 5.41) is 0. The van der Waals surface area contributed by atoms with Crippen molar-refractivity contribution in [3.63, 3.8) is 0 Å². The first kappa shape index (κ1) is 15.1. The molecule has 2 aliphatic rings. The highest BCUT2D eigenvalue weighted by atomic mass is 19.1. The molecule has 2 rings (SSSR count).